The minimum atomic E-state index is -4.26. The largest absolute Gasteiger partial charge is 0.391 e. The lowest BCUT2D eigenvalue weighted by Gasteiger charge is -2.31. The van der Waals surface area contributed by atoms with Crippen molar-refractivity contribution in [3.8, 4) is 0 Å². The van der Waals surface area contributed by atoms with Crippen molar-refractivity contribution in [2.45, 2.75) is 50.9 Å². The van der Waals surface area contributed by atoms with Gasteiger partial charge in [0.15, 0.2) is 0 Å². The van der Waals surface area contributed by atoms with Gasteiger partial charge in [-0.05, 0) is 38.3 Å². The van der Waals surface area contributed by atoms with Gasteiger partial charge in [0.25, 0.3) is 5.91 Å². The second kappa shape index (κ2) is 8.48. The number of hydrogen-bond acceptors (Lipinski definition) is 2. The van der Waals surface area contributed by atoms with Crippen LogP contribution in [0, 0.1) is 5.92 Å². The van der Waals surface area contributed by atoms with E-state index >= 15 is 0 Å². The minimum absolute atomic E-state index is 0.0691. The lowest BCUT2D eigenvalue weighted by molar-refractivity contribution is -0.184. The molecular formula is C17H19Cl2F3N2O2. The molecule has 0 heterocycles. The second-order valence-corrected chi connectivity index (χ2v) is 7.19. The number of rotatable bonds is 4. The van der Waals surface area contributed by atoms with Crippen LogP contribution in [-0.4, -0.2) is 30.1 Å². The van der Waals surface area contributed by atoms with E-state index in [2.05, 4.69) is 10.6 Å². The summed E-state index contributed by atoms with van der Waals surface area (Å²) in [6.45, 7) is 1.45. The van der Waals surface area contributed by atoms with Gasteiger partial charge in [-0.2, -0.15) is 13.2 Å². The third-order valence-electron chi connectivity index (χ3n) is 4.42. The molecule has 1 aliphatic rings. The summed E-state index contributed by atoms with van der Waals surface area (Å²) in [5.74, 6) is -2.53. The predicted octanol–water partition coefficient (Wildman–Crippen LogP) is 4.35. The van der Waals surface area contributed by atoms with Crippen molar-refractivity contribution in [1.82, 2.24) is 10.6 Å². The molecule has 9 heteroatoms. The van der Waals surface area contributed by atoms with Gasteiger partial charge in [-0.3, -0.25) is 9.59 Å². The monoisotopic (exact) mass is 410 g/mol. The van der Waals surface area contributed by atoms with Crippen LogP contribution in [0.15, 0.2) is 18.2 Å². The third-order valence-corrected chi connectivity index (χ3v) is 5.24. The van der Waals surface area contributed by atoms with Crippen LogP contribution in [-0.2, 0) is 4.79 Å². The van der Waals surface area contributed by atoms with Crippen LogP contribution in [0.5, 0.6) is 0 Å². The Hall–Kier alpha value is -1.47. The van der Waals surface area contributed by atoms with E-state index in [-0.39, 0.29) is 28.5 Å². The molecule has 0 aromatic heterocycles. The molecule has 0 radical (unpaired) electrons. The molecular weight excluding hydrogens is 392 g/mol. The molecule has 3 unspecified atom stereocenters. The molecule has 1 saturated carbocycles. The smallest absolute Gasteiger partial charge is 0.352 e. The first-order valence-electron chi connectivity index (χ1n) is 8.21. The van der Waals surface area contributed by atoms with Crippen LogP contribution in [0.2, 0.25) is 10.0 Å². The van der Waals surface area contributed by atoms with Gasteiger partial charge in [0.05, 0.1) is 21.5 Å². The van der Waals surface area contributed by atoms with Gasteiger partial charge in [-0.15, -0.1) is 0 Å². The predicted molar refractivity (Wildman–Crippen MR) is 93.3 cm³/mol. The summed E-state index contributed by atoms with van der Waals surface area (Å²) in [7, 11) is 0. The first-order chi connectivity index (χ1) is 12.1. The van der Waals surface area contributed by atoms with Crippen LogP contribution < -0.4 is 10.6 Å². The highest BCUT2D eigenvalue weighted by atomic mass is 35.5. The number of carbonyl (C=O) groups is 2. The summed E-state index contributed by atoms with van der Waals surface area (Å²) in [5, 5.41) is 5.34. The molecule has 144 valence electrons. The highest BCUT2D eigenvalue weighted by Crippen LogP contribution is 2.37. The molecule has 2 amide bonds. The molecule has 4 nitrogen and oxygen atoms in total. The van der Waals surface area contributed by atoms with E-state index in [4.69, 9.17) is 23.2 Å². The Balaban J connectivity index is 1.93. The zero-order chi connectivity index (χ0) is 19.5. The molecule has 0 bridgehead atoms. The number of carbonyl (C=O) groups excluding carboxylic acids is 2. The summed E-state index contributed by atoms with van der Waals surface area (Å²) in [4.78, 5) is 24.4. The Kier molecular flexibility index (Phi) is 6.80. The van der Waals surface area contributed by atoms with Crippen LogP contribution in [0.3, 0.4) is 0 Å². The molecule has 3 atom stereocenters. The van der Waals surface area contributed by atoms with Crippen LogP contribution in [0.25, 0.3) is 0 Å². The fourth-order valence-electron chi connectivity index (χ4n) is 2.96. The van der Waals surface area contributed by atoms with E-state index in [1.807, 2.05) is 0 Å². The van der Waals surface area contributed by atoms with Crippen LogP contribution in [0.1, 0.15) is 43.0 Å². The van der Waals surface area contributed by atoms with E-state index < -0.39 is 36.0 Å². The first-order valence-corrected chi connectivity index (χ1v) is 8.97. The summed E-state index contributed by atoms with van der Waals surface area (Å²) < 4.78 is 38.5. The maximum Gasteiger partial charge on any atom is 0.391 e. The normalized spacial score (nSPS) is 21.8. The lowest BCUT2D eigenvalue weighted by atomic mass is 9.85. The zero-order valence-electron chi connectivity index (χ0n) is 14.0. The van der Waals surface area contributed by atoms with Gasteiger partial charge in [0, 0.05) is 6.04 Å². The molecule has 2 rings (SSSR count). The van der Waals surface area contributed by atoms with Crippen molar-refractivity contribution < 1.29 is 22.8 Å². The van der Waals surface area contributed by atoms with Crippen molar-refractivity contribution in [2.24, 2.45) is 5.92 Å². The van der Waals surface area contributed by atoms with Gasteiger partial charge in [-0.1, -0.05) is 35.7 Å². The summed E-state index contributed by atoms with van der Waals surface area (Å²) in [5.41, 5.74) is 0.119. The topological polar surface area (TPSA) is 58.2 Å². The maximum atomic E-state index is 12.8. The van der Waals surface area contributed by atoms with Gasteiger partial charge in [0.1, 0.15) is 6.04 Å². The van der Waals surface area contributed by atoms with E-state index in [9.17, 15) is 22.8 Å². The average Bonchev–Trinajstić information content (AvgIpc) is 2.56. The van der Waals surface area contributed by atoms with Gasteiger partial charge in [0.2, 0.25) is 5.91 Å². The summed E-state index contributed by atoms with van der Waals surface area (Å²) >= 11 is 11.8. The highest BCUT2D eigenvalue weighted by Gasteiger charge is 2.42. The molecule has 26 heavy (non-hydrogen) atoms. The Morgan fingerprint density at radius 1 is 1.23 bits per heavy atom. The third kappa shape index (κ3) is 5.27. The first kappa shape index (κ1) is 20.8. The number of amides is 2. The Bertz CT molecular complexity index is 682. The molecule has 0 spiro atoms. The van der Waals surface area contributed by atoms with Crippen LogP contribution in [0.4, 0.5) is 13.2 Å². The summed E-state index contributed by atoms with van der Waals surface area (Å²) in [6.07, 6.45) is -3.44. The van der Waals surface area contributed by atoms with E-state index in [0.717, 1.165) is 0 Å². The molecule has 1 aromatic rings. The number of nitrogens with one attached hydrogen (secondary N) is 2. The quantitative estimate of drug-likeness (QED) is 0.774. The van der Waals surface area contributed by atoms with Crippen molar-refractivity contribution in [3.05, 3.63) is 33.8 Å². The molecule has 1 aliphatic carbocycles. The van der Waals surface area contributed by atoms with Crippen molar-refractivity contribution in [1.29, 1.82) is 0 Å². The number of benzene rings is 1. The van der Waals surface area contributed by atoms with Gasteiger partial charge in [-0.25, -0.2) is 0 Å². The van der Waals surface area contributed by atoms with Crippen LogP contribution >= 0.6 is 23.2 Å². The van der Waals surface area contributed by atoms with Crippen molar-refractivity contribution >= 4 is 35.0 Å². The SMILES string of the molecule is CC(NC(=O)c1cccc(Cl)c1Cl)C(=O)NC1CCCC(C(F)(F)F)C1. The highest BCUT2D eigenvalue weighted by molar-refractivity contribution is 6.43. The molecule has 0 aliphatic heterocycles. The average molecular weight is 411 g/mol. The molecule has 1 aromatic carbocycles. The van der Waals surface area contributed by atoms with Crippen molar-refractivity contribution in [2.75, 3.05) is 0 Å². The van der Waals surface area contributed by atoms with E-state index in [1.165, 1.54) is 19.1 Å². The fraction of sp³-hybridized carbons (Fsp3) is 0.529. The number of halogens is 5. The Morgan fingerprint density at radius 2 is 1.92 bits per heavy atom. The lowest BCUT2D eigenvalue weighted by Crippen LogP contribution is -2.49. The Labute approximate surface area is 159 Å². The minimum Gasteiger partial charge on any atom is -0.352 e. The number of hydrogen-bond donors (Lipinski definition) is 2. The summed E-state index contributed by atoms with van der Waals surface area (Å²) in [6, 6.07) is 3.05. The fourth-order valence-corrected chi connectivity index (χ4v) is 3.35. The van der Waals surface area contributed by atoms with E-state index in [0.29, 0.717) is 12.8 Å². The van der Waals surface area contributed by atoms with Crippen molar-refractivity contribution in [3.63, 3.8) is 0 Å². The number of alkyl halides is 3. The molecule has 2 N–H and O–H groups in total. The molecule has 1 fully saturated rings. The van der Waals surface area contributed by atoms with Gasteiger partial charge < -0.3 is 10.6 Å². The second-order valence-electron chi connectivity index (χ2n) is 6.41. The maximum absolute atomic E-state index is 12.8. The Morgan fingerprint density at radius 3 is 2.58 bits per heavy atom. The zero-order valence-corrected chi connectivity index (χ0v) is 15.5. The van der Waals surface area contributed by atoms with E-state index in [1.54, 1.807) is 6.07 Å². The standard InChI is InChI=1S/C17H19Cl2F3N2O2/c1-9(23-16(26)12-6-3-7-13(18)14(12)19)15(25)24-11-5-2-4-10(8-11)17(20,21)22/h3,6-7,9-11H,2,4-5,8H2,1H3,(H,23,26)(H,24,25). The molecule has 0 saturated heterocycles. The van der Waals surface area contributed by atoms with Gasteiger partial charge >= 0.3 is 6.18 Å².